The summed E-state index contributed by atoms with van der Waals surface area (Å²) in [5.74, 6) is 2.01. The molecule has 2 rings (SSSR count). The minimum atomic E-state index is -0.272. The minimum absolute atomic E-state index is 0.272. The average molecular weight is 246 g/mol. The number of rotatable bonds is 3. The van der Waals surface area contributed by atoms with Crippen molar-refractivity contribution in [3.8, 4) is 0 Å². The monoisotopic (exact) mass is 246 g/mol. The quantitative estimate of drug-likeness (QED) is 0.840. The van der Waals surface area contributed by atoms with Gasteiger partial charge in [0.1, 0.15) is 0 Å². The van der Waals surface area contributed by atoms with E-state index in [1.807, 2.05) is 0 Å². The lowest BCUT2D eigenvalue weighted by molar-refractivity contribution is 0.0561. The van der Waals surface area contributed by atoms with Gasteiger partial charge in [0.25, 0.3) is 0 Å². The molecule has 1 N–H and O–H groups in total. The molecule has 1 heteroatoms. The van der Waals surface area contributed by atoms with Crippen molar-refractivity contribution in [3.63, 3.8) is 0 Å². The van der Waals surface area contributed by atoms with Crippen LogP contribution in [0.15, 0.2) is 24.3 Å². The second-order valence-electron chi connectivity index (χ2n) is 6.07. The zero-order valence-electron chi connectivity index (χ0n) is 11.9. The fourth-order valence-electron chi connectivity index (χ4n) is 3.10. The molecule has 0 amide bonds. The van der Waals surface area contributed by atoms with E-state index in [0.29, 0.717) is 5.92 Å². The number of aliphatic hydroxyl groups excluding tert-OH is 1. The first-order valence-corrected chi connectivity index (χ1v) is 7.38. The third kappa shape index (κ3) is 2.95. The maximum Gasteiger partial charge on any atom is 0.0818 e. The van der Waals surface area contributed by atoms with Crippen molar-refractivity contribution in [2.75, 3.05) is 0 Å². The molecule has 0 aromatic heterocycles. The Labute approximate surface area is 111 Å². The lowest BCUT2D eigenvalue weighted by Gasteiger charge is -2.34. The molecule has 1 aliphatic carbocycles. The number of aliphatic hydroxyl groups is 1. The third-order valence-corrected chi connectivity index (χ3v) is 4.81. The van der Waals surface area contributed by atoms with Crippen molar-refractivity contribution in [2.24, 2.45) is 17.8 Å². The van der Waals surface area contributed by atoms with E-state index in [9.17, 15) is 5.11 Å². The molecule has 1 aliphatic rings. The smallest absolute Gasteiger partial charge is 0.0818 e. The summed E-state index contributed by atoms with van der Waals surface area (Å²) in [4.78, 5) is 0. The molecule has 18 heavy (non-hydrogen) atoms. The molecule has 100 valence electrons. The van der Waals surface area contributed by atoms with E-state index in [0.717, 1.165) is 30.2 Å². The molecule has 0 radical (unpaired) electrons. The van der Waals surface area contributed by atoms with E-state index in [2.05, 4.69) is 45.0 Å². The Kier molecular flexibility index (Phi) is 4.45. The lowest BCUT2D eigenvalue weighted by Crippen LogP contribution is -2.25. The van der Waals surface area contributed by atoms with Crippen molar-refractivity contribution in [1.82, 2.24) is 0 Å². The summed E-state index contributed by atoms with van der Waals surface area (Å²) in [6.07, 6.45) is 4.38. The first-order chi connectivity index (χ1) is 8.61. The highest BCUT2D eigenvalue weighted by Crippen LogP contribution is 2.39. The van der Waals surface area contributed by atoms with Crippen LogP contribution in [0.25, 0.3) is 0 Å². The lowest BCUT2D eigenvalue weighted by atomic mass is 9.73. The zero-order chi connectivity index (χ0) is 13.1. The van der Waals surface area contributed by atoms with Crippen molar-refractivity contribution < 1.29 is 5.11 Å². The summed E-state index contributed by atoms with van der Waals surface area (Å²) in [7, 11) is 0. The van der Waals surface area contributed by atoms with Crippen LogP contribution < -0.4 is 0 Å². The molecule has 0 spiro atoms. The van der Waals surface area contributed by atoms with Crippen molar-refractivity contribution in [3.05, 3.63) is 35.4 Å². The Bertz CT molecular complexity index is 368. The van der Waals surface area contributed by atoms with Crippen molar-refractivity contribution in [2.45, 2.75) is 52.6 Å². The van der Waals surface area contributed by atoms with Gasteiger partial charge in [0.15, 0.2) is 0 Å². The maximum atomic E-state index is 10.5. The molecule has 0 heterocycles. The standard InChI is InChI=1S/C17H26O/c1-4-14-6-9-15(10-7-14)17(18)16-8-5-12(2)13(3)11-16/h6-7,9-10,12-13,16-18H,4-5,8,11H2,1-3H3. The SMILES string of the molecule is CCc1ccc(C(O)C2CCC(C)C(C)C2)cc1. The van der Waals surface area contributed by atoms with Crippen LogP contribution in [0.1, 0.15) is 57.3 Å². The van der Waals surface area contributed by atoms with E-state index in [1.54, 1.807) is 0 Å². The molecule has 0 saturated heterocycles. The van der Waals surface area contributed by atoms with Gasteiger partial charge in [0.2, 0.25) is 0 Å². The van der Waals surface area contributed by atoms with Crippen LogP contribution in [0.3, 0.4) is 0 Å². The van der Waals surface area contributed by atoms with Crippen LogP contribution in [0.5, 0.6) is 0 Å². The van der Waals surface area contributed by atoms with Gasteiger partial charge >= 0.3 is 0 Å². The van der Waals surface area contributed by atoms with Crippen LogP contribution in [-0.2, 0) is 6.42 Å². The largest absolute Gasteiger partial charge is 0.388 e. The molecular weight excluding hydrogens is 220 g/mol. The normalized spacial score (nSPS) is 30.1. The predicted octanol–water partition coefficient (Wildman–Crippen LogP) is 4.35. The van der Waals surface area contributed by atoms with Gasteiger partial charge in [-0.25, -0.2) is 0 Å². The molecule has 0 bridgehead atoms. The minimum Gasteiger partial charge on any atom is -0.388 e. The Morgan fingerprint density at radius 3 is 2.33 bits per heavy atom. The number of benzene rings is 1. The predicted molar refractivity (Wildman–Crippen MR) is 76.4 cm³/mol. The number of aryl methyl sites for hydroxylation is 1. The van der Waals surface area contributed by atoms with E-state index in [-0.39, 0.29) is 6.10 Å². The maximum absolute atomic E-state index is 10.5. The van der Waals surface area contributed by atoms with Gasteiger partial charge < -0.3 is 5.11 Å². The topological polar surface area (TPSA) is 20.2 Å². The Morgan fingerprint density at radius 2 is 1.78 bits per heavy atom. The second kappa shape index (κ2) is 5.88. The Balaban J connectivity index is 2.03. The summed E-state index contributed by atoms with van der Waals surface area (Å²) in [5.41, 5.74) is 2.44. The van der Waals surface area contributed by atoms with Crippen molar-refractivity contribution in [1.29, 1.82) is 0 Å². The summed E-state index contributed by atoms with van der Waals surface area (Å²) >= 11 is 0. The summed E-state index contributed by atoms with van der Waals surface area (Å²) in [6.45, 7) is 6.82. The van der Waals surface area contributed by atoms with Gasteiger partial charge in [-0.2, -0.15) is 0 Å². The van der Waals surface area contributed by atoms with Gasteiger partial charge in [-0.15, -0.1) is 0 Å². The highest BCUT2D eigenvalue weighted by Gasteiger charge is 2.29. The highest BCUT2D eigenvalue weighted by atomic mass is 16.3. The third-order valence-electron chi connectivity index (χ3n) is 4.81. The molecule has 1 aromatic rings. The molecule has 4 unspecified atom stereocenters. The van der Waals surface area contributed by atoms with Crippen LogP contribution in [-0.4, -0.2) is 5.11 Å². The molecule has 1 aromatic carbocycles. The van der Waals surface area contributed by atoms with Gasteiger partial charge in [0.05, 0.1) is 6.10 Å². The first-order valence-electron chi connectivity index (χ1n) is 7.38. The van der Waals surface area contributed by atoms with Crippen LogP contribution in [0, 0.1) is 17.8 Å². The van der Waals surface area contributed by atoms with Crippen LogP contribution in [0.4, 0.5) is 0 Å². The Hall–Kier alpha value is -0.820. The van der Waals surface area contributed by atoms with Gasteiger partial charge in [-0.3, -0.25) is 0 Å². The van der Waals surface area contributed by atoms with E-state index in [4.69, 9.17) is 0 Å². The van der Waals surface area contributed by atoms with E-state index >= 15 is 0 Å². The summed E-state index contributed by atoms with van der Waals surface area (Å²) in [5, 5.41) is 10.5. The molecule has 1 nitrogen and oxygen atoms in total. The molecule has 0 aliphatic heterocycles. The number of hydrogen-bond acceptors (Lipinski definition) is 1. The number of hydrogen-bond donors (Lipinski definition) is 1. The fraction of sp³-hybridized carbons (Fsp3) is 0.647. The zero-order valence-corrected chi connectivity index (χ0v) is 11.9. The van der Waals surface area contributed by atoms with Crippen molar-refractivity contribution >= 4 is 0 Å². The fourth-order valence-corrected chi connectivity index (χ4v) is 3.10. The van der Waals surface area contributed by atoms with Gasteiger partial charge in [0, 0.05) is 0 Å². The highest BCUT2D eigenvalue weighted by molar-refractivity contribution is 5.24. The molecule has 1 saturated carbocycles. The first kappa shape index (κ1) is 13.6. The second-order valence-corrected chi connectivity index (χ2v) is 6.07. The van der Waals surface area contributed by atoms with E-state index < -0.39 is 0 Å². The van der Waals surface area contributed by atoms with E-state index in [1.165, 1.54) is 18.4 Å². The summed E-state index contributed by atoms with van der Waals surface area (Å²) < 4.78 is 0. The summed E-state index contributed by atoms with van der Waals surface area (Å²) in [6, 6.07) is 8.50. The van der Waals surface area contributed by atoms with Crippen LogP contribution >= 0.6 is 0 Å². The molecule has 4 atom stereocenters. The van der Waals surface area contributed by atoms with Crippen LogP contribution in [0.2, 0.25) is 0 Å². The molecule has 1 fully saturated rings. The van der Waals surface area contributed by atoms with Gasteiger partial charge in [-0.05, 0) is 48.1 Å². The average Bonchev–Trinajstić information content (AvgIpc) is 2.41. The Morgan fingerprint density at radius 1 is 1.11 bits per heavy atom. The molecular formula is C17H26O. The van der Waals surface area contributed by atoms with Gasteiger partial charge in [-0.1, -0.05) is 51.5 Å².